The zero-order chi connectivity index (χ0) is 17.0. The van der Waals surface area contributed by atoms with Crippen molar-refractivity contribution in [1.82, 2.24) is 10.2 Å². The number of alkyl carbamates (subject to hydrolysis) is 1. The first-order chi connectivity index (χ1) is 10.3. The number of nitrogens with one attached hydrogen (secondary N) is 1. The maximum atomic E-state index is 11.8. The standard InChI is InChI=1S/C17H34N2O3/c1-6-7-14-19(5)15(20)12-10-8-9-11-13-18-16(21)22-17(2,3)4/h6-14H2,1-5H3,(H,18,21). The molecule has 0 aromatic heterocycles. The van der Waals surface area contributed by atoms with E-state index in [0.29, 0.717) is 13.0 Å². The molecule has 1 N–H and O–H groups in total. The fraction of sp³-hybridized carbons (Fsp3) is 0.882. The minimum Gasteiger partial charge on any atom is -0.444 e. The van der Waals surface area contributed by atoms with Gasteiger partial charge in [0.1, 0.15) is 5.60 Å². The summed E-state index contributed by atoms with van der Waals surface area (Å²) in [7, 11) is 1.88. The van der Waals surface area contributed by atoms with E-state index in [9.17, 15) is 9.59 Å². The Labute approximate surface area is 135 Å². The van der Waals surface area contributed by atoms with Crippen molar-refractivity contribution in [2.24, 2.45) is 0 Å². The number of unbranched alkanes of at least 4 members (excludes halogenated alkanes) is 4. The van der Waals surface area contributed by atoms with Crippen molar-refractivity contribution >= 4 is 12.0 Å². The Hall–Kier alpha value is -1.26. The zero-order valence-corrected chi connectivity index (χ0v) is 15.0. The minimum atomic E-state index is -0.450. The van der Waals surface area contributed by atoms with E-state index in [0.717, 1.165) is 45.1 Å². The summed E-state index contributed by atoms with van der Waals surface area (Å²) >= 11 is 0. The maximum absolute atomic E-state index is 11.8. The summed E-state index contributed by atoms with van der Waals surface area (Å²) in [6.45, 7) is 9.15. The van der Waals surface area contributed by atoms with Crippen LogP contribution in [0.25, 0.3) is 0 Å². The van der Waals surface area contributed by atoms with Crippen LogP contribution in [0.3, 0.4) is 0 Å². The van der Waals surface area contributed by atoms with Gasteiger partial charge in [0.25, 0.3) is 0 Å². The number of nitrogens with zero attached hydrogens (tertiary/aromatic N) is 1. The second-order valence-corrected chi connectivity index (χ2v) is 6.76. The lowest BCUT2D eigenvalue weighted by atomic mass is 10.1. The van der Waals surface area contributed by atoms with Gasteiger partial charge in [-0.2, -0.15) is 0 Å². The van der Waals surface area contributed by atoms with E-state index in [4.69, 9.17) is 4.74 Å². The molecule has 0 aromatic carbocycles. The van der Waals surface area contributed by atoms with Crippen molar-refractivity contribution in [3.05, 3.63) is 0 Å². The average Bonchev–Trinajstić information content (AvgIpc) is 2.41. The molecule has 5 heteroatoms. The third-order valence-corrected chi connectivity index (χ3v) is 3.26. The molecule has 0 radical (unpaired) electrons. The molecule has 0 rings (SSSR count). The van der Waals surface area contributed by atoms with Gasteiger partial charge >= 0.3 is 6.09 Å². The van der Waals surface area contributed by atoms with Crippen molar-refractivity contribution in [2.45, 2.75) is 78.2 Å². The molecular formula is C17H34N2O3. The molecule has 130 valence electrons. The van der Waals surface area contributed by atoms with Crippen LogP contribution >= 0.6 is 0 Å². The Bertz CT molecular complexity index is 324. The topological polar surface area (TPSA) is 58.6 Å². The first-order valence-electron chi connectivity index (χ1n) is 8.47. The quantitative estimate of drug-likeness (QED) is 0.625. The molecular weight excluding hydrogens is 280 g/mol. The number of rotatable bonds is 10. The van der Waals surface area contributed by atoms with Crippen molar-refractivity contribution < 1.29 is 14.3 Å². The van der Waals surface area contributed by atoms with Gasteiger partial charge < -0.3 is 15.0 Å². The molecule has 22 heavy (non-hydrogen) atoms. The molecule has 0 aliphatic rings. The molecule has 0 bridgehead atoms. The molecule has 5 nitrogen and oxygen atoms in total. The molecule has 2 amide bonds. The highest BCUT2D eigenvalue weighted by molar-refractivity contribution is 5.75. The lowest BCUT2D eigenvalue weighted by Crippen LogP contribution is -2.33. The maximum Gasteiger partial charge on any atom is 0.407 e. The Kier molecular flexibility index (Phi) is 10.7. The fourth-order valence-electron chi connectivity index (χ4n) is 1.97. The number of carbonyl (C=O) groups excluding carboxylic acids is 2. The van der Waals surface area contributed by atoms with E-state index < -0.39 is 5.60 Å². The number of ether oxygens (including phenoxy) is 1. The highest BCUT2D eigenvalue weighted by Gasteiger charge is 2.15. The Morgan fingerprint density at radius 2 is 1.68 bits per heavy atom. The van der Waals surface area contributed by atoms with Gasteiger partial charge in [0.2, 0.25) is 5.91 Å². The fourth-order valence-corrected chi connectivity index (χ4v) is 1.97. The predicted octanol–water partition coefficient (Wildman–Crippen LogP) is 3.72. The Balaban J connectivity index is 3.50. The first kappa shape index (κ1) is 20.7. The first-order valence-corrected chi connectivity index (χ1v) is 8.47. The molecule has 0 saturated carbocycles. The van der Waals surface area contributed by atoms with E-state index in [-0.39, 0.29) is 12.0 Å². The van der Waals surface area contributed by atoms with Crippen LogP contribution < -0.4 is 5.32 Å². The normalized spacial score (nSPS) is 11.1. The van der Waals surface area contributed by atoms with Crippen LogP contribution in [-0.4, -0.2) is 42.6 Å². The van der Waals surface area contributed by atoms with Crippen molar-refractivity contribution in [2.75, 3.05) is 20.1 Å². The van der Waals surface area contributed by atoms with Crippen LogP contribution in [0.1, 0.15) is 72.6 Å². The van der Waals surface area contributed by atoms with E-state index >= 15 is 0 Å². The lowest BCUT2D eigenvalue weighted by Gasteiger charge is -2.19. The zero-order valence-electron chi connectivity index (χ0n) is 15.0. The van der Waals surface area contributed by atoms with Crippen LogP contribution in [0.4, 0.5) is 4.79 Å². The second-order valence-electron chi connectivity index (χ2n) is 6.76. The van der Waals surface area contributed by atoms with Crippen LogP contribution in [0.15, 0.2) is 0 Å². The summed E-state index contributed by atoms with van der Waals surface area (Å²) in [5, 5.41) is 2.74. The van der Waals surface area contributed by atoms with Gasteiger partial charge in [0.05, 0.1) is 0 Å². The Morgan fingerprint density at radius 3 is 2.27 bits per heavy atom. The van der Waals surface area contributed by atoms with Gasteiger partial charge in [0, 0.05) is 26.6 Å². The largest absolute Gasteiger partial charge is 0.444 e. The number of hydrogen-bond donors (Lipinski definition) is 1. The molecule has 0 aromatic rings. The highest BCUT2D eigenvalue weighted by atomic mass is 16.6. The van der Waals surface area contributed by atoms with Crippen LogP contribution in [0, 0.1) is 0 Å². The third-order valence-electron chi connectivity index (χ3n) is 3.26. The van der Waals surface area contributed by atoms with Crippen LogP contribution in [0.2, 0.25) is 0 Å². The van der Waals surface area contributed by atoms with Gasteiger partial charge in [-0.05, 0) is 40.0 Å². The summed E-state index contributed by atoms with van der Waals surface area (Å²) in [5.74, 6) is 0.236. The summed E-state index contributed by atoms with van der Waals surface area (Å²) in [5.41, 5.74) is -0.450. The van der Waals surface area contributed by atoms with E-state index in [2.05, 4.69) is 12.2 Å². The molecule has 0 aliphatic carbocycles. The van der Waals surface area contributed by atoms with Gasteiger partial charge in [-0.25, -0.2) is 4.79 Å². The lowest BCUT2D eigenvalue weighted by molar-refractivity contribution is -0.130. The molecule has 0 aliphatic heterocycles. The van der Waals surface area contributed by atoms with Crippen molar-refractivity contribution in [3.63, 3.8) is 0 Å². The highest BCUT2D eigenvalue weighted by Crippen LogP contribution is 2.07. The second kappa shape index (κ2) is 11.3. The van der Waals surface area contributed by atoms with E-state index in [1.165, 1.54) is 0 Å². The van der Waals surface area contributed by atoms with Gasteiger partial charge in [-0.1, -0.05) is 26.2 Å². The van der Waals surface area contributed by atoms with Crippen molar-refractivity contribution in [1.29, 1.82) is 0 Å². The molecule has 0 unspecified atom stereocenters. The van der Waals surface area contributed by atoms with Crippen LogP contribution in [-0.2, 0) is 9.53 Å². The number of amides is 2. The van der Waals surface area contributed by atoms with Gasteiger partial charge in [-0.3, -0.25) is 4.79 Å². The minimum absolute atomic E-state index is 0.236. The van der Waals surface area contributed by atoms with E-state index in [1.54, 1.807) is 0 Å². The molecule has 0 atom stereocenters. The summed E-state index contributed by atoms with van der Waals surface area (Å²) in [6.07, 6.45) is 6.31. The van der Waals surface area contributed by atoms with Gasteiger partial charge in [-0.15, -0.1) is 0 Å². The summed E-state index contributed by atoms with van der Waals surface area (Å²) in [4.78, 5) is 25.1. The van der Waals surface area contributed by atoms with Crippen molar-refractivity contribution in [3.8, 4) is 0 Å². The number of hydrogen-bond acceptors (Lipinski definition) is 3. The van der Waals surface area contributed by atoms with Crippen LogP contribution in [0.5, 0.6) is 0 Å². The summed E-state index contributed by atoms with van der Waals surface area (Å²) < 4.78 is 5.16. The third kappa shape index (κ3) is 12.5. The Morgan fingerprint density at radius 1 is 1.05 bits per heavy atom. The predicted molar refractivity (Wildman–Crippen MR) is 89.9 cm³/mol. The van der Waals surface area contributed by atoms with Gasteiger partial charge in [0.15, 0.2) is 0 Å². The van der Waals surface area contributed by atoms with E-state index in [1.807, 2.05) is 32.7 Å². The monoisotopic (exact) mass is 314 g/mol. The number of carbonyl (C=O) groups is 2. The molecule has 0 spiro atoms. The molecule has 0 fully saturated rings. The SMILES string of the molecule is CCCCN(C)C(=O)CCCCCCNC(=O)OC(C)(C)C. The average molecular weight is 314 g/mol. The smallest absolute Gasteiger partial charge is 0.407 e. The molecule has 0 saturated heterocycles. The molecule has 0 heterocycles. The summed E-state index contributed by atoms with van der Waals surface area (Å²) in [6, 6.07) is 0.